The van der Waals surface area contributed by atoms with Crippen LogP contribution in [0.3, 0.4) is 0 Å². The molecule has 2 heterocycles. The molecule has 0 unspecified atom stereocenters. The van der Waals surface area contributed by atoms with Gasteiger partial charge in [-0.05, 0) is 43.6 Å². The first-order valence-electron chi connectivity index (χ1n) is 4.77. The Bertz CT molecular complexity index is 279. The van der Waals surface area contributed by atoms with E-state index in [1.807, 2.05) is 12.1 Å². The summed E-state index contributed by atoms with van der Waals surface area (Å²) >= 11 is 0. The molecule has 1 fully saturated rings. The van der Waals surface area contributed by atoms with Crippen LogP contribution < -0.4 is 5.73 Å². The molecule has 1 aromatic rings. The van der Waals surface area contributed by atoms with Crippen LogP contribution in [-0.2, 0) is 6.54 Å². The van der Waals surface area contributed by atoms with Gasteiger partial charge in [0.2, 0.25) is 0 Å². The summed E-state index contributed by atoms with van der Waals surface area (Å²) in [6.45, 7) is 3.47. The number of hydrogen-bond acceptors (Lipinski definition) is 3. The third kappa shape index (κ3) is 2.18. The van der Waals surface area contributed by atoms with Gasteiger partial charge in [0.15, 0.2) is 0 Å². The predicted molar refractivity (Wildman–Crippen MR) is 53.2 cm³/mol. The highest BCUT2D eigenvalue weighted by Gasteiger charge is 2.11. The Morgan fingerprint density at radius 2 is 2.15 bits per heavy atom. The second-order valence-corrected chi connectivity index (χ2v) is 3.57. The maximum absolute atomic E-state index is 5.60. The van der Waals surface area contributed by atoms with Gasteiger partial charge in [-0.15, -0.1) is 0 Å². The molecular formula is C10H15N3. The fourth-order valence-electron chi connectivity index (χ4n) is 1.79. The van der Waals surface area contributed by atoms with Crippen molar-refractivity contribution in [2.24, 2.45) is 0 Å². The molecule has 1 aliphatic rings. The summed E-state index contributed by atoms with van der Waals surface area (Å²) in [5.41, 5.74) is 6.88. The molecule has 1 saturated heterocycles. The molecule has 0 bridgehead atoms. The zero-order chi connectivity index (χ0) is 9.10. The first-order chi connectivity index (χ1) is 6.34. The van der Waals surface area contributed by atoms with Crippen molar-refractivity contribution in [3.05, 3.63) is 23.9 Å². The number of likely N-dealkylation sites (tertiary alicyclic amines) is 1. The molecule has 0 amide bonds. The summed E-state index contributed by atoms with van der Waals surface area (Å²) in [6.07, 6.45) is 4.45. The number of rotatable bonds is 2. The molecular weight excluding hydrogens is 162 g/mol. The van der Waals surface area contributed by atoms with Gasteiger partial charge in [-0.3, -0.25) is 4.90 Å². The van der Waals surface area contributed by atoms with Crippen molar-refractivity contribution >= 4 is 5.82 Å². The first-order valence-corrected chi connectivity index (χ1v) is 4.77. The molecule has 0 spiro atoms. The van der Waals surface area contributed by atoms with Crippen molar-refractivity contribution in [2.45, 2.75) is 19.4 Å². The lowest BCUT2D eigenvalue weighted by molar-refractivity contribution is 0.331. The van der Waals surface area contributed by atoms with Gasteiger partial charge in [0.25, 0.3) is 0 Å². The van der Waals surface area contributed by atoms with Gasteiger partial charge in [-0.25, -0.2) is 4.98 Å². The Labute approximate surface area is 78.6 Å². The third-order valence-corrected chi connectivity index (χ3v) is 2.45. The number of aromatic nitrogens is 1. The van der Waals surface area contributed by atoms with Crippen LogP contribution >= 0.6 is 0 Å². The minimum absolute atomic E-state index is 0.622. The lowest BCUT2D eigenvalue weighted by atomic mass is 10.2. The standard InChI is InChI=1S/C10H15N3/c11-10-7-9(3-4-12-10)8-13-5-1-2-6-13/h3-4,7H,1-2,5-6,8H2,(H2,11,12). The SMILES string of the molecule is Nc1cc(CN2CCCC2)ccn1. The van der Waals surface area contributed by atoms with E-state index in [0.29, 0.717) is 5.82 Å². The molecule has 2 rings (SSSR count). The molecule has 0 saturated carbocycles. The number of nitrogens with two attached hydrogens (primary N) is 1. The number of pyridine rings is 1. The van der Waals surface area contributed by atoms with Crippen LogP contribution in [-0.4, -0.2) is 23.0 Å². The monoisotopic (exact) mass is 177 g/mol. The summed E-state index contributed by atoms with van der Waals surface area (Å²) in [4.78, 5) is 6.43. The van der Waals surface area contributed by atoms with Gasteiger partial charge in [-0.2, -0.15) is 0 Å². The van der Waals surface area contributed by atoms with E-state index in [9.17, 15) is 0 Å². The minimum atomic E-state index is 0.622. The average molecular weight is 177 g/mol. The van der Waals surface area contributed by atoms with E-state index in [-0.39, 0.29) is 0 Å². The van der Waals surface area contributed by atoms with Crippen molar-refractivity contribution in [3.8, 4) is 0 Å². The fraction of sp³-hybridized carbons (Fsp3) is 0.500. The number of nitrogen functional groups attached to an aromatic ring is 1. The molecule has 70 valence electrons. The Hall–Kier alpha value is -1.09. The van der Waals surface area contributed by atoms with E-state index in [2.05, 4.69) is 9.88 Å². The quantitative estimate of drug-likeness (QED) is 0.739. The van der Waals surface area contributed by atoms with E-state index in [0.717, 1.165) is 6.54 Å². The molecule has 0 atom stereocenters. The number of hydrogen-bond donors (Lipinski definition) is 1. The number of nitrogens with zero attached hydrogens (tertiary/aromatic N) is 2. The highest BCUT2D eigenvalue weighted by Crippen LogP contribution is 2.12. The number of anilines is 1. The molecule has 2 N–H and O–H groups in total. The van der Waals surface area contributed by atoms with Gasteiger partial charge < -0.3 is 5.73 Å². The Morgan fingerprint density at radius 3 is 2.85 bits per heavy atom. The van der Waals surface area contributed by atoms with Gasteiger partial charge in [0.05, 0.1) is 0 Å². The predicted octanol–water partition coefficient (Wildman–Crippen LogP) is 1.26. The van der Waals surface area contributed by atoms with Crippen molar-refractivity contribution in [2.75, 3.05) is 18.8 Å². The van der Waals surface area contributed by atoms with E-state index in [4.69, 9.17) is 5.73 Å². The largest absolute Gasteiger partial charge is 0.384 e. The van der Waals surface area contributed by atoms with E-state index < -0.39 is 0 Å². The van der Waals surface area contributed by atoms with Crippen molar-refractivity contribution in [1.29, 1.82) is 0 Å². The van der Waals surface area contributed by atoms with Crippen LogP contribution in [0.25, 0.3) is 0 Å². The summed E-state index contributed by atoms with van der Waals surface area (Å²) in [7, 11) is 0. The molecule has 3 nitrogen and oxygen atoms in total. The molecule has 1 aliphatic heterocycles. The minimum Gasteiger partial charge on any atom is -0.384 e. The van der Waals surface area contributed by atoms with Crippen molar-refractivity contribution in [3.63, 3.8) is 0 Å². The maximum atomic E-state index is 5.60. The normalized spacial score (nSPS) is 17.8. The van der Waals surface area contributed by atoms with Crippen LogP contribution in [0, 0.1) is 0 Å². The second-order valence-electron chi connectivity index (χ2n) is 3.57. The molecule has 3 heteroatoms. The van der Waals surface area contributed by atoms with Gasteiger partial charge in [0, 0.05) is 12.7 Å². The smallest absolute Gasteiger partial charge is 0.123 e. The summed E-state index contributed by atoms with van der Waals surface area (Å²) in [5.74, 6) is 0.622. The fourth-order valence-corrected chi connectivity index (χ4v) is 1.79. The topological polar surface area (TPSA) is 42.1 Å². The molecule has 13 heavy (non-hydrogen) atoms. The van der Waals surface area contributed by atoms with Crippen LogP contribution in [0.15, 0.2) is 18.3 Å². The molecule has 0 aliphatic carbocycles. The average Bonchev–Trinajstić information content (AvgIpc) is 2.57. The molecule has 1 aromatic heterocycles. The zero-order valence-electron chi connectivity index (χ0n) is 7.74. The van der Waals surface area contributed by atoms with E-state index in [1.165, 1.54) is 31.5 Å². The Kier molecular flexibility index (Phi) is 2.45. The van der Waals surface area contributed by atoms with Crippen LogP contribution in [0.2, 0.25) is 0 Å². The first kappa shape index (κ1) is 8.51. The van der Waals surface area contributed by atoms with Crippen molar-refractivity contribution in [1.82, 2.24) is 9.88 Å². The third-order valence-electron chi connectivity index (χ3n) is 2.45. The Morgan fingerprint density at radius 1 is 1.38 bits per heavy atom. The maximum Gasteiger partial charge on any atom is 0.123 e. The molecule has 0 aromatic carbocycles. The van der Waals surface area contributed by atoms with Crippen LogP contribution in [0.5, 0.6) is 0 Å². The van der Waals surface area contributed by atoms with Crippen LogP contribution in [0.1, 0.15) is 18.4 Å². The van der Waals surface area contributed by atoms with E-state index >= 15 is 0 Å². The lowest BCUT2D eigenvalue weighted by Gasteiger charge is -2.14. The summed E-state index contributed by atoms with van der Waals surface area (Å²) in [6, 6.07) is 3.99. The molecule has 0 radical (unpaired) electrons. The highest BCUT2D eigenvalue weighted by atomic mass is 15.1. The Balaban J connectivity index is 2.00. The van der Waals surface area contributed by atoms with Gasteiger partial charge >= 0.3 is 0 Å². The zero-order valence-corrected chi connectivity index (χ0v) is 7.74. The van der Waals surface area contributed by atoms with Gasteiger partial charge in [-0.1, -0.05) is 0 Å². The highest BCUT2D eigenvalue weighted by molar-refractivity contribution is 5.31. The van der Waals surface area contributed by atoms with Crippen molar-refractivity contribution < 1.29 is 0 Å². The lowest BCUT2D eigenvalue weighted by Crippen LogP contribution is -2.18. The van der Waals surface area contributed by atoms with E-state index in [1.54, 1.807) is 6.20 Å². The van der Waals surface area contributed by atoms with Gasteiger partial charge in [0.1, 0.15) is 5.82 Å². The second kappa shape index (κ2) is 3.75. The summed E-state index contributed by atoms with van der Waals surface area (Å²) < 4.78 is 0. The summed E-state index contributed by atoms with van der Waals surface area (Å²) in [5, 5.41) is 0. The van der Waals surface area contributed by atoms with Crippen LogP contribution in [0.4, 0.5) is 5.82 Å².